The van der Waals surface area contributed by atoms with Crippen molar-refractivity contribution in [3.63, 3.8) is 0 Å². The maximum absolute atomic E-state index is 11.1. The Labute approximate surface area is 179 Å². The summed E-state index contributed by atoms with van der Waals surface area (Å²) in [6, 6.07) is 3.69. The van der Waals surface area contributed by atoms with Gasteiger partial charge in [-0.2, -0.15) is 0 Å². The molecule has 1 aliphatic heterocycles. The van der Waals surface area contributed by atoms with Crippen molar-refractivity contribution >= 4 is 11.7 Å². The van der Waals surface area contributed by atoms with Crippen LogP contribution >= 0.6 is 0 Å². The molecule has 5 unspecified atom stereocenters. The van der Waals surface area contributed by atoms with Crippen LogP contribution in [-0.4, -0.2) is 51.9 Å². The predicted octanol–water partition coefficient (Wildman–Crippen LogP) is -3.67. The van der Waals surface area contributed by atoms with Gasteiger partial charge in [0, 0.05) is 5.69 Å². The van der Waals surface area contributed by atoms with Gasteiger partial charge in [-0.25, -0.2) is 0 Å². The fourth-order valence-corrected chi connectivity index (χ4v) is 2.49. The Morgan fingerprint density at radius 2 is 1.62 bits per heavy atom. The number of aliphatic hydroxyl groups excluding tert-OH is 3. The normalized spacial score (nSPS) is 30.7. The van der Waals surface area contributed by atoms with Gasteiger partial charge in [-0.1, -0.05) is 42.3 Å². The number of hydrogen-bond donors (Lipinski definition) is 4. The average Bonchev–Trinajstić information content (AvgIpc) is 2.72. The second-order valence-electron chi connectivity index (χ2n) is 5.49. The van der Waals surface area contributed by atoms with Crippen LogP contribution in [0.2, 0.25) is 0 Å². The zero-order valence-corrected chi connectivity index (χ0v) is 15.8. The van der Waals surface area contributed by atoms with Crippen molar-refractivity contribution in [1.29, 1.82) is 0 Å². The summed E-state index contributed by atoms with van der Waals surface area (Å²) >= 11 is 0. The fraction of sp³-hybridized carbons (Fsp3) is 0.278. The average molecular weight is 372 g/mol. The minimum Gasteiger partial charge on any atom is -0.547 e. The summed E-state index contributed by atoms with van der Waals surface area (Å²) in [6.45, 7) is 0. The number of anilines is 1. The Morgan fingerprint density at radius 1 is 1.00 bits per heavy atom. The number of carbonyl (C=O) groups excluding carboxylic acids is 1. The van der Waals surface area contributed by atoms with Crippen LogP contribution in [0.15, 0.2) is 54.5 Å². The van der Waals surface area contributed by atoms with Crippen molar-refractivity contribution in [1.82, 2.24) is 0 Å². The van der Waals surface area contributed by atoms with Crippen molar-refractivity contribution in [2.75, 3.05) is 5.32 Å². The third kappa shape index (κ3) is 4.44. The van der Waals surface area contributed by atoms with Gasteiger partial charge in [0.15, 0.2) is 6.23 Å². The molecule has 1 aliphatic rings. The van der Waals surface area contributed by atoms with Crippen LogP contribution in [0.4, 0.5) is 5.69 Å². The minimum absolute atomic E-state index is 0. The molecule has 0 saturated carbocycles. The molecule has 0 radical (unpaired) electrons. The van der Waals surface area contributed by atoms with Crippen LogP contribution in [-0.2, 0) is 9.53 Å². The van der Waals surface area contributed by atoms with Crippen LogP contribution in [0.5, 0.6) is 0 Å². The van der Waals surface area contributed by atoms with E-state index < -0.39 is 54.7 Å². The number of ether oxygens (including phenoxy) is 1. The smallest absolute Gasteiger partial charge is 0.547 e. The van der Waals surface area contributed by atoms with Gasteiger partial charge in [0.1, 0.15) is 24.4 Å². The quantitative estimate of drug-likeness (QED) is 0.408. The maximum Gasteiger partial charge on any atom is 1.00 e. The Morgan fingerprint density at radius 3 is 2.19 bits per heavy atom. The summed E-state index contributed by atoms with van der Waals surface area (Å²) < 4.78 is 44.2. The molecule has 132 valence electrons. The number of carboxylic acid groups (broad SMARTS) is 1. The van der Waals surface area contributed by atoms with Crippen LogP contribution in [0, 0.1) is 0 Å². The number of carboxylic acids is 1. The van der Waals surface area contributed by atoms with E-state index in [-0.39, 0.29) is 47.2 Å². The molecule has 7 nitrogen and oxygen atoms in total. The van der Waals surface area contributed by atoms with Crippen molar-refractivity contribution in [3.05, 3.63) is 54.5 Å². The summed E-state index contributed by atoms with van der Waals surface area (Å²) in [5.41, 5.74) is 0.665. The summed E-state index contributed by atoms with van der Waals surface area (Å²) in [4.78, 5) is 11.1. The Kier molecular flexibility index (Phi) is 5.03. The predicted molar refractivity (Wildman–Crippen MR) is 87.2 cm³/mol. The van der Waals surface area contributed by atoms with Crippen LogP contribution in [0.25, 0.3) is 11.1 Å². The first-order valence-corrected chi connectivity index (χ1v) is 7.39. The standard InChI is InChI=1S/C18H19NO6.Na/c20-13-14(21)16(18(23)24)25-17(15(13)22)19-12-8-6-11(7-9-12)10-4-2-1-3-5-10;/h1-9,13-17,19-22H,(H,23,24);/q;+1/p-1/i1D,2D,3D,4D,5D;. The van der Waals surface area contributed by atoms with Gasteiger partial charge in [0.2, 0.25) is 0 Å². The SMILES string of the molecule is [2H]c1c([2H])c([2H])c(-c2ccc(NC3OC(C(=O)[O-])C(O)C(O)C3O)cc2)c([2H])c1[2H].[Na+]. The van der Waals surface area contributed by atoms with Crippen LogP contribution in [0.3, 0.4) is 0 Å². The van der Waals surface area contributed by atoms with Gasteiger partial charge in [0.05, 0.1) is 12.8 Å². The molecule has 1 fully saturated rings. The Hall–Kier alpha value is -1.45. The molecule has 0 spiro atoms. The molecule has 2 aromatic carbocycles. The zero-order valence-electron chi connectivity index (χ0n) is 18.8. The molecule has 0 bridgehead atoms. The van der Waals surface area contributed by atoms with E-state index in [0.29, 0.717) is 11.3 Å². The first kappa shape index (κ1) is 14.6. The molecule has 0 aliphatic carbocycles. The Balaban J connectivity index is 0.00000341. The topological polar surface area (TPSA) is 122 Å². The van der Waals surface area contributed by atoms with E-state index in [1.54, 1.807) is 0 Å². The summed E-state index contributed by atoms with van der Waals surface area (Å²) in [5.74, 6) is -1.75. The summed E-state index contributed by atoms with van der Waals surface area (Å²) in [6.07, 6.45) is -8.53. The van der Waals surface area contributed by atoms with Crippen molar-refractivity contribution < 1.29 is 66.4 Å². The second kappa shape index (κ2) is 8.96. The van der Waals surface area contributed by atoms with Crippen LogP contribution in [0.1, 0.15) is 6.85 Å². The third-order valence-electron chi connectivity index (χ3n) is 3.83. The van der Waals surface area contributed by atoms with Gasteiger partial charge >= 0.3 is 29.6 Å². The van der Waals surface area contributed by atoms with E-state index in [2.05, 4.69) is 5.32 Å². The summed E-state index contributed by atoms with van der Waals surface area (Å²) in [7, 11) is 0. The zero-order chi connectivity index (χ0) is 22.3. The largest absolute Gasteiger partial charge is 1.00 e. The molecule has 2 aromatic rings. The van der Waals surface area contributed by atoms with E-state index in [1.165, 1.54) is 24.3 Å². The molecule has 0 amide bonds. The van der Waals surface area contributed by atoms with E-state index in [0.717, 1.165) is 0 Å². The minimum atomic E-state index is -1.87. The van der Waals surface area contributed by atoms with E-state index in [4.69, 9.17) is 11.6 Å². The molecule has 26 heavy (non-hydrogen) atoms. The number of benzene rings is 2. The van der Waals surface area contributed by atoms with Crippen LogP contribution < -0.4 is 40.0 Å². The monoisotopic (exact) mass is 372 g/mol. The number of nitrogens with one attached hydrogen (secondary N) is 1. The van der Waals surface area contributed by atoms with Gasteiger partial charge in [-0.3, -0.25) is 0 Å². The Bertz CT molecular complexity index is 950. The molecular weight excluding hydrogens is 349 g/mol. The number of rotatable bonds is 4. The number of aliphatic carboxylic acids is 1. The molecule has 5 atom stereocenters. The summed E-state index contributed by atoms with van der Waals surface area (Å²) in [5, 5.41) is 43.3. The van der Waals surface area contributed by atoms with Crippen molar-refractivity contribution in [2.45, 2.75) is 30.6 Å². The van der Waals surface area contributed by atoms with Crippen molar-refractivity contribution in [3.8, 4) is 11.1 Å². The van der Waals surface area contributed by atoms with Gasteiger partial charge in [-0.05, 0) is 23.3 Å². The molecule has 4 N–H and O–H groups in total. The third-order valence-corrected chi connectivity index (χ3v) is 3.83. The van der Waals surface area contributed by atoms with E-state index >= 15 is 0 Å². The van der Waals surface area contributed by atoms with Gasteiger partial charge in [-0.15, -0.1) is 0 Å². The molecule has 3 rings (SSSR count). The number of carbonyl (C=O) groups is 1. The maximum atomic E-state index is 11.1. The van der Waals surface area contributed by atoms with Gasteiger partial charge in [0.25, 0.3) is 0 Å². The van der Waals surface area contributed by atoms with Crippen molar-refractivity contribution in [2.24, 2.45) is 0 Å². The molecule has 1 saturated heterocycles. The first-order valence-electron chi connectivity index (χ1n) is 9.89. The molecule has 0 aromatic heterocycles. The molecular formula is C18H18NNaO6. The number of aliphatic hydroxyl groups is 3. The van der Waals surface area contributed by atoms with Gasteiger partial charge < -0.3 is 35.3 Å². The molecule has 8 heteroatoms. The first-order chi connectivity index (χ1) is 14.0. The number of hydrogen-bond acceptors (Lipinski definition) is 7. The molecule has 1 heterocycles. The second-order valence-corrected chi connectivity index (χ2v) is 5.49. The van der Waals surface area contributed by atoms with E-state index in [9.17, 15) is 25.2 Å². The fourth-order valence-electron chi connectivity index (χ4n) is 2.49. The van der Waals surface area contributed by atoms with E-state index in [1.807, 2.05) is 0 Å².